The summed E-state index contributed by atoms with van der Waals surface area (Å²) < 4.78 is 36.5. The second kappa shape index (κ2) is 11.7. The zero-order valence-corrected chi connectivity index (χ0v) is 20.8. The molecule has 1 N–H and O–H groups in total. The van der Waals surface area contributed by atoms with Gasteiger partial charge in [0.15, 0.2) is 6.61 Å². The number of halogens is 1. The van der Waals surface area contributed by atoms with Crippen molar-refractivity contribution in [1.82, 2.24) is 0 Å². The fraction of sp³-hybridized carbons (Fsp3) is 0.200. The van der Waals surface area contributed by atoms with E-state index < -0.39 is 21.9 Å². The van der Waals surface area contributed by atoms with Gasteiger partial charge in [-0.25, -0.2) is 13.2 Å². The Kier molecular flexibility index (Phi) is 8.73. The van der Waals surface area contributed by atoms with E-state index in [2.05, 4.69) is 5.32 Å². The van der Waals surface area contributed by atoms with E-state index in [1.807, 2.05) is 0 Å². The molecular weight excluding hydrogens is 492 g/mol. The molecule has 184 valence electrons. The van der Waals surface area contributed by atoms with Crippen LogP contribution in [0.4, 0.5) is 11.4 Å². The summed E-state index contributed by atoms with van der Waals surface area (Å²) in [4.78, 5) is 23.9. The minimum atomic E-state index is -3.58. The van der Waals surface area contributed by atoms with E-state index in [9.17, 15) is 18.0 Å². The second-order valence-corrected chi connectivity index (χ2v) is 9.80. The van der Waals surface area contributed by atoms with Crippen LogP contribution in [0, 0.1) is 0 Å². The number of rotatable bonds is 10. The minimum absolute atomic E-state index is 0.0794. The van der Waals surface area contributed by atoms with Crippen LogP contribution in [0.3, 0.4) is 0 Å². The van der Waals surface area contributed by atoms with Crippen molar-refractivity contribution in [2.24, 2.45) is 0 Å². The van der Waals surface area contributed by atoms with Gasteiger partial charge in [-0.15, -0.1) is 0 Å². The van der Waals surface area contributed by atoms with Gasteiger partial charge in [-0.2, -0.15) is 0 Å². The number of sulfonamides is 1. The normalized spacial score (nSPS) is 10.9. The average Bonchev–Trinajstić information content (AvgIpc) is 2.82. The Balaban J connectivity index is 1.59. The molecule has 10 heteroatoms. The molecule has 0 fully saturated rings. The van der Waals surface area contributed by atoms with Crippen LogP contribution in [0.15, 0.2) is 72.8 Å². The molecule has 0 aliphatic carbocycles. The van der Waals surface area contributed by atoms with Gasteiger partial charge in [-0.1, -0.05) is 29.8 Å². The molecule has 0 unspecified atom stereocenters. The number of esters is 1. The van der Waals surface area contributed by atoms with Gasteiger partial charge in [0.1, 0.15) is 5.75 Å². The summed E-state index contributed by atoms with van der Waals surface area (Å²) in [6.45, 7) is 1.83. The van der Waals surface area contributed by atoms with Gasteiger partial charge in [0.25, 0.3) is 5.91 Å². The molecule has 0 saturated heterocycles. The van der Waals surface area contributed by atoms with Gasteiger partial charge in [-0.05, 0) is 67.1 Å². The summed E-state index contributed by atoms with van der Waals surface area (Å²) in [6.07, 6.45) is 1.12. The Labute approximate surface area is 209 Å². The second-order valence-electron chi connectivity index (χ2n) is 7.49. The molecule has 0 spiro atoms. The maximum Gasteiger partial charge on any atom is 0.338 e. The number of amides is 1. The highest BCUT2D eigenvalue weighted by Crippen LogP contribution is 2.26. The van der Waals surface area contributed by atoms with Crippen LogP contribution >= 0.6 is 11.6 Å². The lowest BCUT2D eigenvalue weighted by molar-refractivity contribution is -0.118. The molecule has 0 aliphatic heterocycles. The van der Waals surface area contributed by atoms with Crippen molar-refractivity contribution in [3.8, 4) is 5.75 Å². The fourth-order valence-corrected chi connectivity index (χ4v) is 4.21. The monoisotopic (exact) mass is 516 g/mol. The maximum atomic E-state index is 12.4. The SMILES string of the molecule is CCOC(=O)c1ccc(NC(=O)COc2ccc(N(Cc3ccccc3Cl)S(C)(=O)=O)cc2)cc1. The summed E-state index contributed by atoms with van der Waals surface area (Å²) in [7, 11) is -3.58. The van der Waals surface area contributed by atoms with Crippen molar-refractivity contribution >= 4 is 44.9 Å². The zero-order valence-electron chi connectivity index (χ0n) is 19.2. The van der Waals surface area contributed by atoms with E-state index >= 15 is 0 Å². The standard InChI is InChI=1S/C25H25ClN2O6S/c1-3-33-25(30)18-8-10-20(11-9-18)27-24(29)17-34-22-14-12-21(13-15-22)28(35(2,31)32)16-19-6-4-5-7-23(19)26/h4-15H,3,16-17H2,1-2H3,(H,27,29). The number of anilines is 2. The average molecular weight is 517 g/mol. The van der Waals surface area contributed by atoms with Crippen molar-refractivity contribution in [3.63, 3.8) is 0 Å². The smallest absolute Gasteiger partial charge is 0.338 e. The lowest BCUT2D eigenvalue weighted by Crippen LogP contribution is -2.29. The number of nitrogens with one attached hydrogen (secondary N) is 1. The molecule has 0 aromatic heterocycles. The van der Waals surface area contributed by atoms with Crippen LogP contribution in [-0.2, 0) is 26.1 Å². The number of hydrogen-bond acceptors (Lipinski definition) is 6. The Morgan fingerprint density at radius 2 is 1.63 bits per heavy atom. The number of nitrogens with zero attached hydrogens (tertiary/aromatic N) is 1. The molecule has 1 amide bonds. The Hall–Kier alpha value is -3.56. The third kappa shape index (κ3) is 7.46. The largest absolute Gasteiger partial charge is 0.484 e. The van der Waals surface area contributed by atoms with E-state index in [4.69, 9.17) is 21.1 Å². The summed E-state index contributed by atoms with van der Waals surface area (Å²) in [5.74, 6) is -0.430. The van der Waals surface area contributed by atoms with E-state index in [1.165, 1.54) is 4.31 Å². The highest BCUT2D eigenvalue weighted by atomic mass is 35.5. The quantitative estimate of drug-likeness (QED) is 0.398. The molecule has 3 rings (SSSR count). The maximum absolute atomic E-state index is 12.4. The lowest BCUT2D eigenvalue weighted by Gasteiger charge is -2.23. The minimum Gasteiger partial charge on any atom is -0.484 e. The van der Waals surface area contributed by atoms with Gasteiger partial charge in [0.05, 0.1) is 30.7 Å². The van der Waals surface area contributed by atoms with E-state index in [0.717, 1.165) is 6.26 Å². The Bertz CT molecular complexity index is 1280. The molecule has 0 saturated carbocycles. The summed E-state index contributed by atoms with van der Waals surface area (Å²) in [6, 6.07) is 19.7. The number of carbonyl (C=O) groups excluding carboxylic acids is 2. The predicted octanol–water partition coefficient (Wildman–Crippen LogP) is 4.50. The van der Waals surface area contributed by atoms with Crippen LogP contribution in [0.5, 0.6) is 5.75 Å². The molecule has 0 heterocycles. The number of hydrogen-bond donors (Lipinski definition) is 1. The molecule has 0 bridgehead atoms. The summed E-state index contributed by atoms with van der Waals surface area (Å²) in [5, 5.41) is 3.15. The van der Waals surface area contributed by atoms with E-state index in [0.29, 0.717) is 33.3 Å². The van der Waals surface area contributed by atoms with Crippen molar-refractivity contribution in [2.75, 3.05) is 29.1 Å². The van der Waals surface area contributed by atoms with Gasteiger partial charge in [0, 0.05) is 10.7 Å². The van der Waals surface area contributed by atoms with Gasteiger partial charge < -0.3 is 14.8 Å². The molecule has 0 aliphatic rings. The highest BCUT2D eigenvalue weighted by Gasteiger charge is 2.19. The molecule has 3 aromatic carbocycles. The first kappa shape index (κ1) is 26.1. The highest BCUT2D eigenvalue weighted by molar-refractivity contribution is 7.92. The van der Waals surface area contributed by atoms with Crippen LogP contribution in [0.2, 0.25) is 5.02 Å². The van der Waals surface area contributed by atoms with Crippen molar-refractivity contribution in [1.29, 1.82) is 0 Å². The topological polar surface area (TPSA) is 102 Å². The Morgan fingerprint density at radius 3 is 2.23 bits per heavy atom. The van der Waals surface area contributed by atoms with E-state index in [-0.39, 0.29) is 19.8 Å². The van der Waals surface area contributed by atoms with E-state index in [1.54, 1.807) is 79.7 Å². The molecule has 35 heavy (non-hydrogen) atoms. The van der Waals surface area contributed by atoms with Crippen LogP contribution < -0.4 is 14.4 Å². The molecule has 0 radical (unpaired) electrons. The lowest BCUT2D eigenvalue weighted by atomic mass is 10.2. The predicted molar refractivity (Wildman–Crippen MR) is 135 cm³/mol. The van der Waals surface area contributed by atoms with Crippen LogP contribution in [0.1, 0.15) is 22.8 Å². The number of benzene rings is 3. The zero-order chi connectivity index (χ0) is 25.4. The van der Waals surface area contributed by atoms with Crippen LogP contribution in [-0.4, -0.2) is 39.8 Å². The van der Waals surface area contributed by atoms with Crippen molar-refractivity contribution in [2.45, 2.75) is 13.5 Å². The summed E-state index contributed by atoms with van der Waals surface area (Å²) >= 11 is 6.19. The third-order valence-corrected chi connectivity index (χ3v) is 6.36. The van der Waals surface area contributed by atoms with Gasteiger partial charge in [-0.3, -0.25) is 9.10 Å². The fourth-order valence-electron chi connectivity index (χ4n) is 3.14. The first-order valence-corrected chi connectivity index (χ1v) is 12.9. The molecular formula is C25H25ClN2O6S. The summed E-state index contributed by atoms with van der Waals surface area (Å²) in [5.41, 5.74) is 2.00. The molecule has 3 aromatic rings. The first-order valence-electron chi connectivity index (χ1n) is 10.7. The van der Waals surface area contributed by atoms with Crippen molar-refractivity contribution < 1.29 is 27.5 Å². The number of carbonyl (C=O) groups is 2. The van der Waals surface area contributed by atoms with Gasteiger partial charge >= 0.3 is 5.97 Å². The van der Waals surface area contributed by atoms with Gasteiger partial charge in [0.2, 0.25) is 10.0 Å². The number of ether oxygens (including phenoxy) is 2. The molecule has 8 nitrogen and oxygen atoms in total. The van der Waals surface area contributed by atoms with Crippen molar-refractivity contribution in [3.05, 3.63) is 88.9 Å². The van der Waals surface area contributed by atoms with Crippen LogP contribution in [0.25, 0.3) is 0 Å². The first-order chi connectivity index (χ1) is 16.7. The molecule has 0 atom stereocenters. The Morgan fingerprint density at radius 1 is 0.971 bits per heavy atom. The third-order valence-electron chi connectivity index (χ3n) is 4.85.